The number of amides is 1. The number of rotatable bonds is 9. The Morgan fingerprint density at radius 2 is 2.11 bits per heavy atom. The van der Waals surface area contributed by atoms with Gasteiger partial charge in [0.25, 0.3) is 0 Å². The lowest BCUT2D eigenvalue weighted by molar-refractivity contribution is -0.146. The molecule has 0 aliphatic carbocycles. The van der Waals surface area contributed by atoms with E-state index in [1.807, 2.05) is 30.3 Å². The summed E-state index contributed by atoms with van der Waals surface area (Å²) in [6.45, 7) is 7.93. The van der Waals surface area contributed by atoms with Gasteiger partial charge in [0.15, 0.2) is 0 Å². The first-order valence-electron chi connectivity index (χ1n) is 9.60. The molecule has 148 valence electrons. The molecular formula is C21H30N2O4. The van der Waals surface area contributed by atoms with Crippen LogP contribution in [0.2, 0.25) is 0 Å². The normalized spacial score (nSPS) is 17.8. The topological polar surface area (TPSA) is 67.9 Å². The second-order valence-corrected chi connectivity index (χ2v) is 6.73. The quantitative estimate of drug-likeness (QED) is 0.531. The van der Waals surface area contributed by atoms with Crippen LogP contribution in [0.3, 0.4) is 0 Å². The van der Waals surface area contributed by atoms with Gasteiger partial charge in [0, 0.05) is 19.6 Å². The first kappa shape index (κ1) is 21.0. The highest BCUT2D eigenvalue weighted by molar-refractivity contribution is 5.75. The molecule has 2 rings (SSSR count). The second kappa shape index (κ2) is 11.4. The molecule has 1 saturated heterocycles. The Bertz CT molecular complexity index is 605. The van der Waals surface area contributed by atoms with Gasteiger partial charge in [-0.3, -0.25) is 4.79 Å². The number of benzene rings is 1. The Kier molecular flexibility index (Phi) is 8.84. The van der Waals surface area contributed by atoms with Crippen molar-refractivity contribution in [2.45, 2.75) is 38.8 Å². The highest BCUT2D eigenvalue weighted by atomic mass is 16.6. The maximum absolute atomic E-state index is 12.4. The monoisotopic (exact) mass is 374 g/mol. The minimum absolute atomic E-state index is 0.231. The Morgan fingerprint density at radius 1 is 1.33 bits per heavy atom. The Hall–Kier alpha value is -2.34. The highest BCUT2D eigenvalue weighted by Gasteiger charge is 2.29. The van der Waals surface area contributed by atoms with Crippen LogP contribution in [-0.4, -0.2) is 49.2 Å². The minimum Gasteiger partial charge on any atom is -0.465 e. The average molecular weight is 374 g/mol. The van der Waals surface area contributed by atoms with Gasteiger partial charge in [-0.2, -0.15) is 0 Å². The van der Waals surface area contributed by atoms with Crippen molar-refractivity contribution in [2.24, 2.45) is 5.92 Å². The Labute approximate surface area is 161 Å². The van der Waals surface area contributed by atoms with E-state index in [1.54, 1.807) is 17.9 Å². The fourth-order valence-electron chi connectivity index (χ4n) is 3.30. The van der Waals surface area contributed by atoms with Crippen molar-refractivity contribution in [3.63, 3.8) is 0 Å². The second-order valence-electron chi connectivity index (χ2n) is 6.73. The molecule has 0 bridgehead atoms. The molecule has 1 N–H and O–H groups in total. The highest BCUT2D eigenvalue weighted by Crippen LogP contribution is 2.22. The predicted octanol–water partition coefficient (Wildman–Crippen LogP) is 3.13. The van der Waals surface area contributed by atoms with Crippen LogP contribution in [0.25, 0.3) is 0 Å². The first-order chi connectivity index (χ1) is 13.1. The summed E-state index contributed by atoms with van der Waals surface area (Å²) in [4.78, 5) is 26.3. The summed E-state index contributed by atoms with van der Waals surface area (Å²) in [5.41, 5.74) is 0.968. The molecule has 0 spiro atoms. The number of ether oxygens (including phenoxy) is 2. The molecule has 0 aromatic heterocycles. The molecule has 1 amide bonds. The van der Waals surface area contributed by atoms with Crippen LogP contribution in [0.5, 0.6) is 0 Å². The van der Waals surface area contributed by atoms with E-state index in [4.69, 9.17) is 9.47 Å². The molecular weight excluding hydrogens is 344 g/mol. The molecule has 0 saturated carbocycles. The van der Waals surface area contributed by atoms with Gasteiger partial charge in [-0.1, -0.05) is 36.4 Å². The maximum Gasteiger partial charge on any atom is 0.410 e. The van der Waals surface area contributed by atoms with Gasteiger partial charge in [-0.25, -0.2) is 4.79 Å². The van der Waals surface area contributed by atoms with Crippen LogP contribution in [-0.2, 0) is 20.9 Å². The summed E-state index contributed by atoms with van der Waals surface area (Å²) in [5, 5.41) is 3.16. The van der Waals surface area contributed by atoms with Gasteiger partial charge in [-0.05, 0) is 37.7 Å². The van der Waals surface area contributed by atoms with Gasteiger partial charge < -0.3 is 19.7 Å². The van der Waals surface area contributed by atoms with Crippen LogP contribution in [0.4, 0.5) is 4.79 Å². The van der Waals surface area contributed by atoms with Crippen molar-refractivity contribution in [1.29, 1.82) is 0 Å². The summed E-state index contributed by atoms with van der Waals surface area (Å²) in [6, 6.07) is 9.26. The molecule has 0 radical (unpaired) electrons. The fourth-order valence-corrected chi connectivity index (χ4v) is 3.30. The number of nitrogens with zero attached hydrogens (tertiary/aromatic N) is 1. The Balaban J connectivity index is 1.86. The summed E-state index contributed by atoms with van der Waals surface area (Å²) < 4.78 is 10.6. The van der Waals surface area contributed by atoms with Crippen LogP contribution in [0, 0.1) is 5.92 Å². The number of carbonyl (C=O) groups excluding carboxylic acids is 2. The van der Waals surface area contributed by atoms with Crippen molar-refractivity contribution >= 4 is 12.1 Å². The lowest BCUT2D eigenvalue weighted by atomic mass is 9.91. The summed E-state index contributed by atoms with van der Waals surface area (Å²) in [7, 11) is 0. The van der Waals surface area contributed by atoms with E-state index in [-0.39, 0.29) is 30.6 Å². The number of likely N-dealkylation sites (tertiary alicyclic amines) is 1. The fraction of sp³-hybridized carbons (Fsp3) is 0.524. The summed E-state index contributed by atoms with van der Waals surface area (Å²) >= 11 is 0. The third kappa shape index (κ3) is 7.06. The van der Waals surface area contributed by atoms with E-state index in [1.165, 1.54) is 0 Å². The van der Waals surface area contributed by atoms with E-state index in [9.17, 15) is 9.59 Å². The standard InChI is InChI=1S/C21H30N2O4/c1-3-12-22-19(20(24)26-4-2)14-18-11-8-13-23(15-18)21(25)27-16-17-9-6-5-7-10-17/h3,5-7,9-10,18-19,22H,1,4,8,11-16H2,2H3/t18-,19?/m1/s1. The van der Waals surface area contributed by atoms with E-state index in [2.05, 4.69) is 11.9 Å². The molecule has 27 heavy (non-hydrogen) atoms. The first-order valence-corrected chi connectivity index (χ1v) is 9.60. The van der Waals surface area contributed by atoms with Gasteiger partial charge in [-0.15, -0.1) is 6.58 Å². The molecule has 1 fully saturated rings. The van der Waals surface area contributed by atoms with E-state index in [0.717, 1.165) is 18.4 Å². The van der Waals surface area contributed by atoms with Gasteiger partial charge in [0.2, 0.25) is 0 Å². The van der Waals surface area contributed by atoms with Gasteiger partial charge >= 0.3 is 12.1 Å². The third-order valence-corrected chi connectivity index (χ3v) is 4.63. The van der Waals surface area contributed by atoms with Crippen molar-refractivity contribution in [1.82, 2.24) is 10.2 Å². The van der Waals surface area contributed by atoms with Crippen LogP contribution < -0.4 is 5.32 Å². The lowest BCUT2D eigenvalue weighted by Gasteiger charge is -2.33. The summed E-state index contributed by atoms with van der Waals surface area (Å²) in [6.07, 6.45) is 3.95. The number of nitrogens with one attached hydrogen (secondary N) is 1. The number of carbonyl (C=O) groups is 2. The molecule has 1 aliphatic heterocycles. The number of piperidine rings is 1. The minimum atomic E-state index is -0.381. The van der Waals surface area contributed by atoms with E-state index >= 15 is 0 Å². The number of esters is 1. The molecule has 1 unspecified atom stereocenters. The molecule has 6 nitrogen and oxygen atoms in total. The van der Waals surface area contributed by atoms with Crippen molar-refractivity contribution in [3.05, 3.63) is 48.6 Å². The zero-order valence-corrected chi connectivity index (χ0v) is 16.1. The molecule has 1 aromatic rings. The lowest BCUT2D eigenvalue weighted by Crippen LogP contribution is -2.45. The number of hydrogen-bond donors (Lipinski definition) is 1. The van der Waals surface area contributed by atoms with Crippen molar-refractivity contribution in [2.75, 3.05) is 26.2 Å². The van der Waals surface area contributed by atoms with Gasteiger partial charge in [0.05, 0.1) is 6.61 Å². The van der Waals surface area contributed by atoms with Crippen LogP contribution >= 0.6 is 0 Å². The molecule has 1 aromatic carbocycles. The van der Waals surface area contributed by atoms with E-state index in [0.29, 0.717) is 32.7 Å². The largest absolute Gasteiger partial charge is 0.465 e. The smallest absolute Gasteiger partial charge is 0.410 e. The molecule has 1 aliphatic rings. The maximum atomic E-state index is 12.4. The number of hydrogen-bond acceptors (Lipinski definition) is 5. The van der Waals surface area contributed by atoms with Crippen molar-refractivity contribution in [3.8, 4) is 0 Å². The SMILES string of the molecule is C=CCNC(C[C@H]1CCCN(C(=O)OCc2ccccc2)C1)C(=O)OCC. The Morgan fingerprint density at radius 3 is 2.81 bits per heavy atom. The van der Waals surface area contributed by atoms with Crippen LogP contribution in [0.1, 0.15) is 31.7 Å². The predicted molar refractivity (Wildman–Crippen MR) is 104 cm³/mol. The summed E-state index contributed by atoms with van der Waals surface area (Å²) in [5.74, 6) is -0.0159. The van der Waals surface area contributed by atoms with Crippen molar-refractivity contribution < 1.29 is 19.1 Å². The zero-order chi connectivity index (χ0) is 19.5. The van der Waals surface area contributed by atoms with Gasteiger partial charge in [0.1, 0.15) is 12.6 Å². The third-order valence-electron chi connectivity index (χ3n) is 4.63. The molecule has 2 atom stereocenters. The molecule has 6 heteroatoms. The van der Waals surface area contributed by atoms with E-state index < -0.39 is 0 Å². The average Bonchev–Trinajstić information content (AvgIpc) is 2.70. The van der Waals surface area contributed by atoms with Crippen LogP contribution in [0.15, 0.2) is 43.0 Å². The zero-order valence-electron chi connectivity index (χ0n) is 16.1. The molecule has 1 heterocycles.